The van der Waals surface area contributed by atoms with E-state index in [0.29, 0.717) is 5.92 Å². The molecule has 1 rings (SSSR count). The molecule has 1 aromatic carbocycles. The van der Waals surface area contributed by atoms with Crippen LogP contribution in [0.3, 0.4) is 0 Å². The molecule has 0 saturated heterocycles. The van der Waals surface area contributed by atoms with Crippen molar-refractivity contribution in [2.24, 2.45) is 5.92 Å². The molecule has 0 unspecified atom stereocenters. The Morgan fingerprint density at radius 3 is 2.73 bits per heavy atom. The molecule has 0 amide bonds. The predicted molar refractivity (Wildman–Crippen MR) is 67.2 cm³/mol. The van der Waals surface area contributed by atoms with Gasteiger partial charge in [-0.3, -0.25) is 0 Å². The molecule has 1 aromatic rings. The maximum absolute atomic E-state index is 5.35. The molecule has 0 aliphatic rings. The molecule has 0 radical (unpaired) electrons. The Morgan fingerprint density at radius 2 is 2.13 bits per heavy atom. The quantitative estimate of drug-likeness (QED) is 0.888. The second-order valence-corrected chi connectivity index (χ2v) is 4.81. The van der Waals surface area contributed by atoms with E-state index in [1.165, 1.54) is 5.56 Å². The second-order valence-electron chi connectivity index (χ2n) is 3.96. The molecule has 0 spiro atoms. The van der Waals surface area contributed by atoms with Crippen molar-refractivity contribution in [3.63, 3.8) is 0 Å². The van der Waals surface area contributed by atoms with E-state index in [2.05, 4.69) is 41.2 Å². The Hall–Kier alpha value is -0.540. The monoisotopic (exact) mass is 271 g/mol. The van der Waals surface area contributed by atoms with Crippen molar-refractivity contribution >= 4 is 15.9 Å². The largest absolute Gasteiger partial charge is 0.495 e. The fourth-order valence-corrected chi connectivity index (χ4v) is 1.99. The maximum Gasteiger partial charge on any atom is 0.137 e. The first-order chi connectivity index (χ1) is 7.15. The zero-order valence-corrected chi connectivity index (χ0v) is 11.1. The topological polar surface area (TPSA) is 21.3 Å². The molecule has 0 heterocycles. The van der Waals surface area contributed by atoms with Crippen LogP contribution in [-0.4, -0.2) is 13.7 Å². The van der Waals surface area contributed by atoms with Crippen molar-refractivity contribution in [1.82, 2.24) is 5.32 Å². The van der Waals surface area contributed by atoms with E-state index in [4.69, 9.17) is 4.74 Å². The molecule has 84 valence electrons. The Bertz CT molecular complexity index is 312. The predicted octanol–water partition coefficient (Wildman–Crippen LogP) is 3.20. The van der Waals surface area contributed by atoms with Crippen LogP contribution in [-0.2, 0) is 6.54 Å². The van der Waals surface area contributed by atoms with E-state index in [9.17, 15) is 0 Å². The Balaban J connectivity index is 2.64. The van der Waals surface area contributed by atoms with E-state index < -0.39 is 0 Å². The summed E-state index contributed by atoms with van der Waals surface area (Å²) in [6.07, 6.45) is 0. The standard InChI is InChI=1S/C12H18BrNO/c1-9(2)7-14-8-10-5-4-6-11(13)12(10)15-3/h4-6,9,14H,7-8H2,1-3H3. The van der Waals surface area contributed by atoms with Gasteiger partial charge >= 0.3 is 0 Å². The molecule has 0 saturated carbocycles. The molecule has 0 atom stereocenters. The van der Waals surface area contributed by atoms with Crippen LogP contribution in [0.15, 0.2) is 22.7 Å². The highest BCUT2D eigenvalue weighted by molar-refractivity contribution is 9.10. The highest BCUT2D eigenvalue weighted by atomic mass is 79.9. The number of ether oxygens (including phenoxy) is 1. The number of hydrogen-bond donors (Lipinski definition) is 1. The first kappa shape index (κ1) is 12.5. The zero-order chi connectivity index (χ0) is 11.3. The molecule has 0 fully saturated rings. The van der Waals surface area contributed by atoms with Gasteiger partial charge in [-0.15, -0.1) is 0 Å². The highest BCUT2D eigenvalue weighted by Crippen LogP contribution is 2.28. The summed E-state index contributed by atoms with van der Waals surface area (Å²) in [4.78, 5) is 0. The first-order valence-corrected chi connectivity index (χ1v) is 5.96. The number of para-hydroxylation sites is 1. The van der Waals surface area contributed by atoms with Gasteiger partial charge in [-0.05, 0) is 34.5 Å². The van der Waals surface area contributed by atoms with Gasteiger partial charge < -0.3 is 10.1 Å². The average Bonchev–Trinajstić information content (AvgIpc) is 2.17. The Kier molecular flexibility index (Phi) is 5.12. The zero-order valence-electron chi connectivity index (χ0n) is 9.51. The maximum atomic E-state index is 5.35. The smallest absolute Gasteiger partial charge is 0.137 e. The van der Waals surface area contributed by atoms with Gasteiger partial charge in [-0.25, -0.2) is 0 Å². The van der Waals surface area contributed by atoms with Crippen LogP contribution in [0.2, 0.25) is 0 Å². The third-order valence-corrected chi connectivity index (χ3v) is 2.75. The van der Waals surface area contributed by atoms with Gasteiger partial charge in [0.1, 0.15) is 5.75 Å². The number of hydrogen-bond acceptors (Lipinski definition) is 2. The van der Waals surface area contributed by atoms with Crippen molar-refractivity contribution < 1.29 is 4.74 Å². The van der Waals surface area contributed by atoms with Gasteiger partial charge in [-0.1, -0.05) is 26.0 Å². The molecule has 3 heteroatoms. The summed E-state index contributed by atoms with van der Waals surface area (Å²) in [6, 6.07) is 6.10. The SMILES string of the molecule is COc1c(Br)cccc1CNCC(C)C. The molecule has 1 N–H and O–H groups in total. The fourth-order valence-electron chi connectivity index (χ4n) is 1.42. The summed E-state index contributed by atoms with van der Waals surface area (Å²) >= 11 is 3.48. The van der Waals surface area contributed by atoms with Crippen molar-refractivity contribution in [1.29, 1.82) is 0 Å². The molecule has 0 aliphatic carbocycles. The van der Waals surface area contributed by atoms with Gasteiger partial charge in [0, 0.05) is 12.1 Å². The second kappa shape index (κ2) is 6.13. The summed E-state index contributed by atoms with van der Waals surface area (Å²) < 4.78 is 6.35. The van der Waals surface area contributed by atoms with Crippen molar-refractivity contribution in [3.8, 4) is 5.75 Å². The molecule has 2 nitrogen and oxygen atoms in total. The van der Waals surface area contributed by atoms with Gasteiger partial charge in [0.25, 0.3) is 0 Å². The van der Waals surface area contributed by atoms with Crippen LogP contribution < -0.4 is 10.1 Å². The Labute approximate surface area is 100 Å². The summed E-state index contributed by atoms with van der Waals surface area (Å²) in [6.45, 7) is 6.27. The Morgan fingerprint density at radius 1 is 1.40 bits per heavy atom. The van der Waals surface area contributed by atoms with Crippen LogP contribution >= 0.6 is 15.9 Å². The lowest BCUT2D eigenvalue weighted by Gasteiger charge is -2.12. The minimum absolute atomic E-state index is 0.670. The van der Waals surface area contributed by atoms with E-state index in [-0.39, 0.29) is 0 Å². The highest BCUT2D eigenvalue weighted by Gasteiger charge is 2.06. The number of benzene rings is 1. The fraction of sp³-hybridized carbons (Fsp3) is 0.500. The lowest BCUT2D eigenvalue weighted by atomic mass is 10.2. The summed E-state index contributed by atoms with van der Waals surface area (Å²) in [5.74, 6) is 1.59. The minimum atomic E-state index is 0.670. The van der Waals surface area contributed by atoms with Crippen LogP contribution in [0.1, 0.15) is 19.4 Å². The van der Waals surface area contributed by atoms with E-state index >= 15 is 0 Å². The average molecular weight is 272 g/mol. The van der Waals surface area contributed by atoms with Crippen molar-refractivity contribution in [3.05, 3.63) is 28.2 Å². The number of nitrogens with one attached hydrogen (secondary N) is 1. The van der Waals surface area contributed by atoms with Crippen molar-refractivity contribution in [2.75, 3.05) is 13.7 Å². The summed E-state index contributed by atoms with van der Waals surface area (Å²) in [7, 11) is 1.70. The molecular weight excluding hydrogens is 254 g/mol. The molecule has 0 aliphatic heterocycles. The van der Waals surface area contributed by atoms with Crippen LogP contribution in [0, 0.1) is 5.92 Å². The third kappa shape index (κ3) is 3.84. The molecular formula is C12H18BrNO. The summed E-state index contributed by atoms with van der Waals surface area (Å²) in [5, 5.41) is 3.40. The number of halogens is 1. The molecule has 0 bridgehead atoms. The van der Waals surface area contributed by atoms with Crippen LogP contribution in [0.5, 0.6) is 5.75 Å². The normalized spacial score (nSPS) is 10.7. The van der Waals surface area contributed by atoms with Gasteiger partial charge in [0.15, 0.2) is 0 Å². The number of methoxy groups -OCH3 is 1. The minimum Gasteiger partial charge on any atom is -0.495 e. The van der Waals surface area contributed by atoms with Crippen LogP contribution in [0.4, 0.5) is 0 Å². The van der Waals surface area contributed by atoms with E-state index in [1.807, 2.05) is 12.1 Å². The van der Waals surface area contributed by atoms with E-state index in [1.54, 1.807) is 7.11 Å². The van der Waals surface area contributed by atoms with E-state index in [0.717, 1.165) is 23.3 Å². The van der Waals surface area contributed by atoms with Gasteiger partial charge in [0.2, 0.25) is 0 Å². The van der Waals surface area contributed by atoms with Crippen molar-refractivity contribution in [2.45, 2.75) is 20.4 Å². The first-order valence-electron chi connectivity index (χ1n) is 5.17. The lowest BCUT2D eigenvalue weighted by Crippen LogP contribution is -2.19. The molecule has 0 aromatic heterocycles. The summed E-state index contributed by atoms with van der Waals surface area (Å²) in [5.41, 5.74) is 1.19. The van der Waals surface area contributed by atoms with Crippen LogP contribution in [0.25, 0.3) is 0 Å². The molecule has 15 heavy (non-hydrogen) atoms. The lowest BCUT2D eigenvalue weighted by molar-refractivity contribution is 0.404. The number of rotatable bonds is 5. The van der Waals surface area contributed by atoms with Gasteiger partial charge in [-0.2, -0.15) is 0 Å². The third-order valence-electron chi connectivity index (χ3n) is 2.12. The van der Waals surface area contributed by atoms with Gasteiger partial charge in [0.05, 0.1) is 11.6 Å².